The van der Waals surface area contributed by atoms with Gasteiger partial charge >= 0.3 is 5.63 Å². The molecule has 0 fully saturated rings. The van der Waals surface area contributed by atoms with E-state index in [0.717, 1.165) is 0 Å². The summed E-state index contributed by atoms with van der Waals surface area (Å²) in [7, 11) is 0. The minimum Gasteiger partial charge on any atom is -0.422 e. The third-order valence-electron chi connectivity index (χ3n) is 2.47. The van der Waals surface area contributed by atoms with E-state index < -0.39 is 16.5 Å². The second kappa shape index (κ2) is 5.54. The Kier molecular flexibility index (Phi) is 3.80. The molecule has 0 unspecified atom stereocenters. The Hall–Kier alpha value is -3.01. The van der Waals surface area contributed by atoms with Crippen molar-refractivity contribution in [3.63, 3.8) is 0 Å². The average molecular weight is 308 g/mol. The first-order valence-electron chi connectivity index (χ1n) is 5.46. The number of non-ortho nitro benzene ring substituents is 1. The maximum atomic E-state index is 11.7. The summed E-state index contributed by atoms with van der Waals surface area (Å²) in [5.74, 6) is -0.829. The van der Waals surface area contributed by atoms with Crippen molar-refractivity contribution < 1.29 is 14.1 Å². The highest BCUT2D eigenvalue weighted by Crippen LogP contribution is 2.20. The standard InChI is InChI=1S/C11H8N4O5S/c12-11(21)14-13-9(16)7-4-5-3-6(15(18)19)1-2-8(5)20-10(7)17/h1-4H,(H,13,16)(H3,12,14,21). The van der Waals surface area contributed by atoms with Crippen LogP contribution in [0.25, 0.3) is 11.0 Å². The molecule has 0 aliphatic carbocycles. The maximum absolute atomic E-state index is 11.7. The number of fused-ring (bicyclic) bond motifs is 1. The number of rotatable bonds is 2. The third-order valence-corrected chi connectivity index (χ3v) is 2.57. The SMILES string of the molecule is NC(=S)NNC(=O)c1cc2cc([N+](=O)[O-])ccc2oc1=O. The number of hydrogen-bond acceptors (Lipinski definition) is 6. The van der Waals surface area contributed by atoms with Crippen LogP contribution in [0.5, 0.6) is 0 Å². The Bertz CT molecular complexity index is 816. The van der Waals surface area contributed by atoms with Crippen molar-refractivity contribution in [3.05, 3.63) is 50.4 Å². The fourth-order valence-electron chi connectivity index (χ4n) is 1.57. The highest BCUT2D eigenvalue weighted by Gasteiger charge is 2.15. The summed E-state index contributed by atoms with van der Waals surface area (Å²) in [5.41, 5.74) is 8.10. The number of carbonyl (C=O) groups excluding carboxylic acids is 1. The minimum atomic E-state index is -0.890. The minimum absolute atomic E-state index is 0.129. The number of nitrogens with one attached hydrogen (secondary N) is 2. The number of nitrogens with zero attached hydrogens (tertiary/aromatic N) is 1. The molecule has 0 atom stereocenters. The van der Waals surface area contributed by atoms with Crippen molar-refractivity contribution in [2.45, 2.75) is 0 Å². The van der Waals surface area contributed by atoms with Crippen molar-refractivity contribution in [1.29, 1.82) is 0 Å². The van der Waals surface area contributed by atoms with Gasteiger partial charge in [0.25, 0.3) is 11.6 Å². The van der Waals surface area contributed by atoms with Crippen LogP contribution in [0.15, 0.2) is 33.5 Å². The molecule has 1 aromatic carbocycles. The van der Waals surface area contributed by atoms with Gasteiger partial charge in [-0.15, -0.1) is 0 Å². The lowest BCUT2D eigenvalue weighted by molar-refractivity contribution is -0.384. The molecule has 0 aliphatic rings. The van der Waals surface area contributed by atoms with E-state index in [4.69, 9.17) is 10.2 Å². The van der Waals surface area contributed by atoms with Crippen LogP contribution in [0.1, 0.15) is 10.4 Å². The zero-order valence-electron chi connectivity index (χ0n) is 10.3. The van der Waals surface area contributed by atoms with Gasteiger partial charge in [0.15, 0.2) is 5.11 Å². The van der Waals surface area contributed by atoms with Gasteiger partial charge in [0.2, 0.25) is 0 Å². The first-order valence-corrected chi connectivity index (χ1v) is 5.87. The van der Waals surface area contributed by atoms with Crippen molar-refractivity contribution in [3.8, 4) is 0 Å². The molecule has 21 heavy (non-hydrogen) atoms. The van der Waals surface area contributed by atoms with Gasteiger partial charge in [-0.2, -0.15) is 0 Å². The predicted molar refractivity (Wildman–Crippen MR) is 76.5 cm³/mol. The van der Waals surface area contributed by atoms with Crippen LogP contribution in [0, 0.1) is 10.1 Å². The molecule has 1 aromatic heterocycles. The van der Waals surface area contributed by atoms with Crippen LogP contribution in [0.3, 0.4) is 0 Å². The molecule has 4 N–H and O–H groups in total. The van der Waals surface area contributed by atoms with Gasteiger partial charge in [0.1, 0.15) is 11.1 Å². The Balaban J connectivity index is 2.47. The van der Waals surface area contributed by atoms with Crippen LogP contribution in [-0.2, 0) is 0 Å². The number of hydrogen-bond donors (Lipinski definition) is 3. The zero-order valence-corrected chi connectivity index (χ0v) is 11.1. The molecule has 0 saturated heterocycles. The quantitative estimate of drug-likeness (QED) is 0.309. The van der Waals surface area contributed by atoms with Gasteiger partial charge in [-0.05, 0) is 24.4 Å². The molecule has 0 saturated carbocycles. The van der Waals surface area contributed by atoms with Crippen LogP contribution in [0.4, 0.5) is 5.69 Å². The summed E-state index contributed by atoms with van der Waals surface area (Å²) < 4.78 is 4.92. The van der Waals surface area contributed by atoms with Crippen LogP contribution >= 0.6 is 12.2 Å². The van der Waals surface area contributed by atoms with E-state index in [1.54, 1.807) is 0 Å². The van der Waals surface area contributed by atoms with E-state index in [-0.39, 0.29) is 27.3 Å². The molecule has 1 heterocycles. The molecule has 10 heteroatoms. The summed E-state index contributed by atoms with van der Waals surface area (Å²) in [6.45, 7) is 0. The van der Waals surface area contributed by atoms with Crippen molar-refractivity contribution in [1.82, 2.24) is 10.9 Å². The zero-order chi connectivity index (χ0) is 15.6. The maximum Gasteiger partial charge on any atom is 0.349 e. The van der Waals surface area contributed by atoms with Crippen LogP contribution in [-0.4, -0.2) is 15.9 Å². The van der Waals surface area contributed by atoms with Gasteiger partial charge in [-0.25, -0.2) is 4.79 Å². The Morgan fingerprint density at radius 1 is 1.33 bits per heavy atom. The van der Waals surface area contributed by atoms with E-state index >= 15 is 0 Å². The molecule has 9 nitrogen and oxygen atoms in total. The van der Waals surface area contributed by atoms with Gasteiger partial charge in [-0.3, -0.25) is 25.8 Å². The summed E-state index contributed by atoms with van der Waals surface area (Å²) in [5, 5.41) is 10.8. The van der Waals surface area contributed by atoms with Crippen molar-refractivity contribution >= 4 is 39.9 Å². The van der Waals surface area contributed by atoms with Crippen LogP contribution < -0.4 is 22.2 Å². The lowest BCUT2D eigenvalue weighted by atomic mass is 10.1. The third kappa shape index (κ3) is 3.12. The monoisotopic (exact) mass is 308 g/mol. The van der Waals surface area contributed by atoms with E-state index in [0.29, 0.717) is 0 Å². The fraction of sp³-hybridized carbons (Fsp3) is 0. The molecular weight excluding hydrogens is 300 g/mol. The predicted octanol–water partition coefficient (Wildman–Crippen LogP) is 0.179. The molecule has 108 valence electrons. The molecule has 2 rings (SSSR count). The number of nitro benzene ring substituents is 1. The van der Waals surface area contributed by atoms with Gasteiger partial charge in [0, 0.05) is 17.5 Å². The number of hydrazine groups is 1. The molecule has 1 amide bonds. The number of amides is 1. The summed E-state index contributed by atoms with van der Waals surface area (Å²) in [6.07, 6.45) is 0. The number of thiocarbonyl (C=S) groups is 1. The second-order valence-electron chi connectivity index (χ2n) is 3.87. The molecule has 0 aliphatic heterocycles. The van der Waals surface area contributed by atoms with E-state index in [1.165, 1.54) is 24.3 Å². The normalized spacial score (nSPS) is 10.1. The van der Waals surface area contributed by atoms with E-state index in [2.05, 4.69) is 23.1 Å². The number of nitro groups is 1. The number of nitrogens with two attached hydrogens (primary N) is 1. The van der Waals surface area contributed by atoms with E-state index in [9.17, 15) is 19.7 Å². The smallest absolute Gasteiger partial charge is 0.349 e. The lowest BCUT2D eigenvalue weighted by Crippen LogP contribution is -2.45. The summed E-state index contributed by atoms with van der Waals surface area (Å²) in [4.78, 5) is 33.5. The molecule has 0 bridgehead atoms. The van der Waals surface area contributed by atoms with Crippen molar-refractivity contribution in [2.24, 2.45) is 5.73 Å². The number of carbonyl (C=O) groups is 1. The van der Waals surface area contributed by atoms with Gasteiger partial charge < -0.3 is 10.2 Å². The summed E-state index contributed by atoms with van der Waals surface area (Å²) in [6, 6.07) is 4.85. The Labute approximate surface area is 121 Å². The average Bonchev–Trinajstić information content (AvgIpc) is 2.43. The molecule has 0 spiro atoms. The molecule has 0 radical (unpaired) electrons. The van der Waals surface area contributed by atoms with Gasteiger partial charge in [0.05, 0.1) is 4.92 Å². The second-order valence-corrected chi connectivity index (χ2v) is 4.31. The Morgan fingerprint density at radius 3 is 2.67 bits per heavy atom. The topological polar surface area (TPSA) is 141 Å². The first-order chi connectivity index (χ1) is 9.88. The molecule has 2 aromatic rings. The van der Waals surface area contributed by atoms with E-state index in [1.807, 2.05) is 0 Å². The van der Waals surface area contributed by atoms with Gasteiger partial charge in [-0.1, -0.05) is 0 Å². The largest absolute Gasteiger partial charge is 0.422 e. The Morgan fingerprint density at radius 2 is 2.05 bits per heavy atom. The number of benzene rings is 1. The lowest BCUT2D eigenvalue weighted by Gasteiger charge is -2.05. The van der Waals surface area contributed by atoms with Crippen molar-refractivity contribution in [2.75, 3.05) is 0 Å². The first kappa shape index (κ1) is 14.4. The summed E-state index contributed by atoms with van der Waals surface area (Å²) >= 11 is 4.49. The molecular formula is C11H8N4O5S. The fourth-order valence-corrected chi connectivity index (χ4v) is 1.62. The highest BCUT2D eigenvalue weighted by atomic mass is 32.1. The van der Waals surface area contributed by atoms with Crippen LogP contribution in [0.2, 0.25) is 0 Å². The highest BCUT2D eigenvalue weighted by molar-refractivity contribution is 7.80.